The summed E-state index contributed by atoms with van der Waals surface area (Å²) in [7, 11) is -4.14. The Balaban J connectivity index is 1.66. The second-order valence-corrected chi connectivity index (χ2v) is 10.3. The molecule has 0 atom stereocenters. The van der Waals surface area contributed by atoms with E-state index in [4.69, 9.17) is 11.6 Å². The van der Waals surface area contributed by atoms with Gasteiger partial charge in [0, 0.05) is 34.0 Å². The van der Waals surface area contributed by atoms with Crippen LogP contribution in [0.4, 0.5) is 24.5 Å². The first-order valence-corrected chi connectivity index (χ1v) is 12.8. The predicted molar refractivity (Wildman–Crippen MR) is 132 cm³/mol. The van der Waals surface area contributed by atoms with Crippen LogP contribution in [0.3, 0.4) is 0 Å². The Hall–Kier alpha value is -3.24. The number of alkyl halides is 3. The van der Waals surface area contributed by atoms with Crippen molar-refractivity contribution in [1.82, 2.24) is 4.57 Å². The molecule has 0 unspecified atom stereocenters. The smallest absolute Gasteiger partial charge is 0.341 e. The van der Waals surface area contributed by atoms with Crippen molar-refractivity contribution in [3.05, 3.63) is 71.2 Å². The van der Waals surface area contributed by atoms with Gasteiger partial charge in [0.2, 0.25) is 15.9 Å². The minimum absolute atomic E-state index is 0.231. The first-order chi connectivity index (χ1) is 16.4. The number of benzene rings is 3. The van der Waals surface area contributed by atoms with Crippen LogP contribution < -0.4 is 9.62 Å². The van der Waals surface area contributed by atoms with Gasteiger partial charge in [-0.2, -0.15) is 13.2 Å². The number of aryl methyl sites for hydroxylation is 1. The molecule has 1 aromatic heterocycles. The maximum absolute atomic E-state index is 13.2. The van der Waals surface area contributed by atoms with Crippen molar-refractivity contribution in [3.63, 3.8) is 0 Å². The number of carbonyl (C=O) groups excluding carboxylic acids is 1. The molecule has 35 heavy (non-hydrogen) atoms. The molecule has 4 rings (SSSR count). The third-order valence-electron chi connectivity index (χ3n) is 5.60. The number of fused-ring (bicyclic) bond motifs is 3. The number of hydrogen-bond acceptors (Lipinski definition) is 3. The Morgan fingerprint density at radius 1 is 1.03 bits per heavy atom. The van der Waals surface area contributed by atoms with E-state index in [0.29, 0.717) is 16.1 Å². The molecule has 0 saturated heterocycles. The molecule has 1 heterocycles. The highest BCUT2D eigenvalue weighted by atomic mass is 35.5. The number of amides is 1. The molecule has 184 valence electrons. The van der Waals surface area contributed by atoms with Gasteiger partial charge in [-0.1, -0.05) is 29.8 Å². The van der Waals surface area contributed by atoms with Crippen LogP contribution in [-0.4, -0.2) is 31.7 Å². The van der Waals surface area contributed by atoms with Gasteiger partial charge in [0.05, 0.1) is 22.5 Å². The second kappa shape index (κ2) is 9.09. The van der Waals surface area contributed by atoms with E-state index >= 15 is 0 Å². The topological polar surface area (TPSA) is 71.4 Å². The Bertz CT molecular complexity index is 1550. The number of sulfonamides is 1. The number of para-hydroxylation sites is 1. The first-order valence-electron chi connectivity index (χ1n) is 10.6. The Morgan fingerprint density at radius 2 is 1.71 bits per heavy atom. The van der Waals surface area contributed by atoms with Gasteiger partial charge >= 0.3 is 6.18 Å². The largest absolute Gasteiger partial charge is 0.416 e. The van der Waals surface area contributed by atoms with Crippen LogP contribution in [0.25, 0.3) is 21.8 Å². The van der Waals surface area contributed by atoms with Gasteiger partial charge in [-0.05, 0) is 49.4 Å². The molecule has 11 heteroatoms. The van der Waals surface area contributed by atoms with Gasteiger partial charge in [-0.25, -0.2) is 8.42 Å². The number of carbonyl (C=O) groups is 1. The van der Waals surface area contributed by atoms with Crippen molar-refractivity contribution in [3.8, 4) is 0 Å². The first kappa shape index (κ1) is 24.9. The molecule has 3 aromatic carbocycles. The molecule has 0 bridgehead atoms. The highest BCUT2D eigenvalue weighted by molar-refractivity contribution is 7.92. The molecule has 0 spiro atoms. The van der Waals surface area contributed by atoms with Crippen LogP contribution in [0.5, 0.6) is 0 Å². The van der Waals surface area contributed by atoms with Gasteiger partial charge in [0.1, 0.15) is 6.54 Å². The third-order valence-corrected chi connectivity index (χ3v) is 7.05. The van der Waals surface area contributed by atoms with Gasteiger partial charge < -0.3 is 9.88 Å². The molecule has 4 aromatic rings. The quantitative estimate of drug-likeness (QED) is 0.342. The van der Waals surface area contributed by atoms with Crippen LogP contribution in [0.15, 0.2) is 60.7 Å². The summed E-state index contributed by atoms with van der Waals surface area (Å²) < 4.78 is 67.0. The van der Waals surface area contributed by atoms with Crippen LogP contribution in [-0.2, 0) is 27.5 Å². The Morgan fingerprint density at radius 3 is 2.37 bits per heavy atom. The molecule has 1 amide bonds. The van der Waals surface area contributed by atoms with E-state index in [1.165, 1.54) is 0 Å². The number of anilines is 2. The lowest BCUT2D eigenvalue weighted by molar-refractivity contribution is -0.137. The minimum Gasteiger partial charge on any atom is -0.341 e. The van der Waals surface area contributed by atoms with E-state index in [2.05, 4.69) is 9.88 Å². The van der Waals surface area contributed by atoms with Crippen LogP contribution in [0, 0.1) is 0 Å². The van der Waals surface area contributed by atoms with Crippen molar-refractivity contribution in [2.24, 2.45) is 0 Å². The number of aromatic nitrogens is 1. The van der Waals surface area contributed by atoms with E-state index in [-0.39, 0.29) is 5.02 Å². The van der Waals surface area contributed by atoms with Gasteiger partial charge in [0.25, 0.3) is 0 Å². The molecule has 1 N–H and O–H groups in total. The van der Waals surface area contributed by atoms with E-state index in [9.17, 15) is 26.4 Å². The summed E-state index contributed by atoms with van der Waals surface area (Å²) >= 11 is 6.02. The van der Waals surface area contributed by atoms with Crippen LogP contribution in [0.2, 0.25) is 5.02 Å². The van der Waals surface area contributed by atoms with Crippen LogP contribution >= 0.6 is 11.6 Å². The number of rotatable bonds is 6. The predicted octanol–water partition coefficient (Wildman–Crippen LogP) is 5.89. The second-order valence-electron chi connectivity index (χ2n) is 7.98. The maximum atomic E-state index is 13.2. The zero-order valence-electron chi connectivity index (χ0n) is 18.7. The highest BCUT2D eigenvalue weighted by Gasteiger charge is 2.33. The average molecular weight is 524 g/mol. The molecule has 0 fully saturated rings. The van der Waals surface area contributed by atoms with Crippen molar-refractivity contribution in [2.75, 3.05) is 22.4 Å². The number of halogens is 4. The average Bonchev–Trinajstić information content (AvgIpc) is 3.09. The number of nitrogens with zero attached hydrogens (tertiary/aromatic N) is 2. The van der Waals surface area contributed by atoms with Crippen molar-refractivity contribution >= 4 is 60.7 Å². The summed E-state index contributed by atoms with van der Waals surface area (Å²) in [5, 5.41) is 4.31. The fourth-order valence-corrected chi connectivity index (χ4v) is 5.19. The number of hydrogen-bond donors (Lipinski definition) is 1. The molecular weight excluding hydrogens is 503 g/mol. The molecular formula is C24H21ClF3N3O3S. The third kappa shape index (κ3) is 4.94. The van der Waals surface area contributed by atoms with E-state index in [0.717, 1.165) is 46.7 Å². The zero-order valence-corrected chi connectivity index (χ0v) is 20.3. The minimum atomic E-state index is -4.71. The summed E-state index contributed by atoms with van der Waals surface area (Å²) in [6.45, 7) is 2.02. The molecule has 6 nitrogen and oxygen atoms in total. The van der Waals surface area contributed by atoms with E-state index < -0.39 is 39.9 Å². The Kier molecular flexibility index (Phi) is 6.46. The normalized spacial score (nSPS) is 12.3. The molecule has 0 radical (unpaired) electrons. The molecule has 0 aliphatic carbocycles. The van der Waals surface area contributed by atoms with Gasteiger partial charge in [0.15, 0.2) is 0 Å². The number of nitrogens with one attached hydrogen (secondary N) is 1. The lowest BCUT2D eigenvalue weighted by Crippen LogP contribution is -2.37. The van der Waals surface area contributed by atoms with E-state index in [1.54, 1.807) is 12.1 Å². The maximum Gasteiger partial charge on any atom is 0.416 e. The van der Waals surface area contributed by atoms with Gasteiger partial charge in [-0.15, -0.1) is 0 Å². The summed E-state index contributed by atoms with van der Waals surface area (Å²) in [4.78, 5) is 12.8. The SMILES string of the molecule is CCn1c2ccccc2c2cc(NC(=O)CN(c3cc(C(F)(F)F)ccc3Cl)S(C)(=O)=O)ccc21. The van der Waals surface area contributed by atoms with Crippen molar-refractivity contribution in [1.29, 1.82) is 0 Å². The molecule has 0 aliphatic heterocycles. The fraction of sp³-hybridized carbons (Fsp3) is 0.208. The lowest BCUT2D eigenvalue weighted by Gasteiger charge is -2.24. The van der Waals surface area contributed by atoms with E-state index in [1.807, 2.05) is 37.3 Å². The lowest BCUT2D eigenvalue weighted by atomic mass is 10.1. The van der Waals surface area contributed by atoms with Gasteiger partial charge in [-0.3, -0.25) is 9.10 Å². The van der Waals surface area contributed by atoms with Crippen molar-refractivity contribution < 1.29 is 26.4 Å². The monoisotopic (exact) mass is 523 g/mol. The summed E-state index contributed by atoms with van der Waals surface area (Å²) in [5.41, 5.74) is 0.922. The van der Waals surface area contributed by atoms with Crippen molar-refractivity contribution in [2.45, 2.75) is 19.6 Å². The standard InChI is InChI=1S/C24H21ClF3N3O3S/c1-3-30-20-7-5-4-6-17(20)18-13-16(9-11-21(18)30)29-23(32)14-31(35(2,33)34)22-12-15(24(26,27)28)8-10-19(22)25/h4-13H,3,14H2,1-2H3,(H,29,32). The fourth-order valence-electron chi connectivity index (χ4n) is 4.06. The summed E-state index contributed by atoms with van der Waals surface area (Å²) in [6, 6.07) is 15.5. The summed E-state index contributed by atoms with van der Waals surface area (Å²) in [5.74, 6) is -0.734. The summed E-state index contributed by atoms with van der Waals surface area (Å²) in [6.07, 6.45) is -3.92. The highest BCUT2D eigenvalue weighted by Crippen LogP contribution is 2.36. The molecule has 0 aliphatic rings. The van der Waals surface area contributed by atoms with Crippen LogP contribution in [0.1, 0.15) is 12.5 Å². The zero-order chi connectivity index (χ0) is 25.5. The molecule has 0 saturated carbocycles. The Labute approximate surface area is 204 Å².